The molecule has 3 rings (SSSR count). The Morgan fingerprint density at radius 3 is 2.10 bits per heavy atom. The summed E-state index contributed by atoms with van der Waals surface area (Å²) >= 11 is 0. The summed E-state index contributed by atoms with van der Waals surface area (Å²) in [5.74, 6) is -2.78. The Morgan fingerprint density at radius 1 is 1.05 bits per heavy atom. The van der Waals surface area contributed by atoms with E-state index in [1.54, 1.807) is 0 Å². The fraction of sp³-hybridized carbons (Fsp3) is 0.467. The van der Waals surface area contributed by atoms with Crippen molar-refractivity contribution in [2.45, 2.75) is 19.3 Å². The van der Waals surface area contributed by atoms with E-state index >= 15 is 0 Å². The van der Waals surface area contributed by atoms with E-state index in [0.29, 0.717) is 12.5 Å². The van der Waals surface area contributed by atoms with E-state index in [9.17, 15) is 18.4 Å². The van der Waals surface area contributed by atoms with Crippen LogP contribution < -0.4 is 5.32 Å². The summed E-state index contributed by atoms with van der Waals surface area (Å²) in [6.07, 6.45) is 2.77. The Hall–Kier alpha value is -1.82. The van der Waals surface area contributed by atoms with Gasteiger partial charge in [0, 0.05) is 6.54 Å². The first kappa shape index (κ1) is 14.1. The van der Waals surface area contributed by atoms with Crippen molar-refractivity contribution in [3.63, 3.8) is 0 Å². The number of nitrogens with one attached hydrogen (secondary N) is 1. The molecular formula is C15H16F2N2O2. The summed E-state index contributed by atoms with van der Waals surface area (Å²) in [5.41, 5.74) is -0.0755. The lowest BCUT2D eigenvalue weighted by Gasteiger charge is -2.24. The van der Waals surface area contributed by atoms with Crippen LogP contribution in [-0.4, -0.2) is 36.3 Å². The average molecular weight is 294 g/mol. The fourth-order valence-corrected chi connectivity index (χ4v) is 2.97. The van der Waals surface area contributed by atoms with Crippen molar-refractivity contribution < 1.29 is 18.4 Å². The Morgan fingerprint density at radius 2 is 1.57 bits per heavy atom. The molecule has 2 aliphatic rings. The summed E-state index contributed by atoms with van der Waals surface area (Å²) in [5, 5.41) is 3.26. The highest BCUT2D eigenvalue weighted by Gasteiger charge is 2.36. The number of rotatable bonds is 3. The first-order valence-electron chi connectivity index (χ1n) is 7.14. The van der Waals surface area contributed by atoms with Gasteiger partial charge in [0.1, 0.15) is 0 Å². The highest BCUT2D eigenvalue weighted by Crippen LogP contribution is 2.26. The Bertz CT molecular complexity index is 557. The largest absolute Gasteiger partial charge is 0.317 e. The normalized spacial score (nSPS) is 19.2. The van der Waals surface area contributed by atoms with Gasteiger partial charge in [-0.3, -0.25) is 14.5 Å². The maximum Gasteiger partial charge on any atom is 0.261 e. The van der Waals surface area contributed by atoms with Gasteiger partial charge >= 0.3 is 0 Å². The van der Waals surface area contributed by atoms with Crippen LogP contribution in [0.3, 0.4) is 0 Å². The molecule has 1 aromatic rings. The van der Waals surface area contributed by atoms with Gasteiger partial charge in [0.2, 0.25) is 0 Å². The molecule has 112 valence electrons. The minimum absolute atomic E-state index is 0.0378. The minimum Gasteiger partial charge on any atom is -0.317 e. The molecule has 21 heavy (non-hydrogen) atoms. The van der Waals surface area contributed by atoms with Gasteiger partial charge in [0.25, 0.3) is 11.8 Å². The standard InChI is InChI=1S/C15H16F2N2O2/c16-12-7-10-11(8-13(12)17)15(21)19(14(10)20)6-3-9-1-4-18-5-2-9/h7-9,18H,1-6H2. The lowest BCUT2D eigenvalue weighted by atomic mass is 9.94. The van der Waals surface area contributed by atoms with E-state index in [0.717, 1.165) is 49.4 Å². The van der Waals surface area contributed by atoms with Crippen LogP contribution in [0, 0.1) is 17.6 Å². The first-order valence-corrected chi connectivity index (χ1v) is 7.14. The number of imide groups is 1. The van der Waals surface area contributed by atoms with Crippen LogP contribution in [0.1, 0.15) is 40.0 Å². The number of piperidine rings is 1. The number of benzene rings is 1. The van der Waals surface area contributed by atoms with Crippen molar-refractivity contribution in [2.24, 2.45) is 5.92 Å². The van der Waals surface area contributed by atoms with Crippen LogP contribution in [0.4, 0.5) is 8.78 Å². The van der Waals surface area contributed by atoms with Crippen LogP contribution in [0.5, 0.6) is 0 Å². The molecule has 0 aliphatic carbocycles. The zero-order chi connectivity index (χ0) is 15.0. The van der Waals surface area contributed by atoms with Crippen molar-refractivity contribution in [1.29, 1.82) is 0 Å². The zero-order valence-corrected chi connectivity index (χ0v) is 11.5. The van der Waals surface area contributed by atoms with Gasteiger partial charge in [-0.05, 0) is 50.4 Å². The highest BCUT2D eigenvalue weighted by molar-refractivity contribution is 6.21. The lowest BCUT2D eigenvalue weighted by molar-refractivity contribution is 0.0642. The molecular weight excluding hydrogens is 278 g/mol. The molecule has 4 nitrogen and oxygen atoms in total. The number of amides is 2. The van der Waals surface area contributed by atoms with Gasteiger partial charge in [-0.25, -0.2) is 8.78 Å². The summed E-state index contributed by atoms with van der Waals surface area (Å²) in [7, 11) is 0. The predicted molar refractivity (Wildman–Crippen MR) is 71.9 cm³/mol. The summed E-state index contributed by atoms with van der Waals surface area (Å²) < 4.78 is 26.4. The second-order valence-corrected chi connectivity index (χ2v) is 5.56. The van der Waals surface area contributed by atoms with E-state index in [4.69, 9.17) is 0 Å². The minimum atomic E-state index is -1.10. The van der Waals surface area contributed by atoms with Crippen molar-refractivity contribution in [3.8, 4) is 0 Å². The first-order chi connectivity index (χ1) is 10.1. The molecule has 1 saturated heterocycles. The van der Waals surface area contributed by atoms with E-state index in [1.165, 1.54) is 0 Å². The summed E-state index contributed by atoms with van der Waals surface area (Å²) in [4.78, 5) is 25.4. The SMILES string of the molecule is O=C1c2cc(F)c(F)cc2C(=O)N1CCC1CCNCC1. The summed E-state index contributed by atoms with van der Waals surface area (Å²) in [6, 6.07) is 1.63. The molecule has 0 radical (unpaired) electrons. The molecule has 1 N–H and O–H groups in total. The fourth-order valence-electron chi connectivity index (χ4n) is 2.97. The lowest BCUT2D eigenvalue weighted by Crippen LogP contribution is -2.34. The number of hydrogen-bond acceptors (Lipinski definition) is 3. The van der Waals surface area contributed by atoms with Gasteiger partial charge in [-0.1, -0.05) is 0 Å². The quantitative estimate of drug-likeness (QED) is 0.867. The molecule has 0 bridgehead atoms. The van der Waals surface area contributed by atoms with Crippen molar-refractivity contribution in [1.82, 2.24) is 10.2 Å². The monoisotopic (exact) mass is 294 g/mol. The molecule has 0 unspecified atom stereocenters. The second-order valence-electron chi connectivity index (χ2n) is 5.56. The third kappa shape index (κ3) is 2.55. The van der Waals surface area contributed by atoms with Crippen molar-refractivity contribution in [3.05, 3.63) is 34.9 Å². The van der Waals surface area contributed by atoms with Gasteiger partial charge in [0.05, 0.1) is 11.1 Å². The third-order valence-electron chi connectivity index (χ3n) is 4.23. The molecule has 2 amide bonds. The molecule has 2 aliphatic heterocycles. The van der Waals surface area contributed by atoms with Crippen LogP contribution in [0.25, 0.3) is 0 Å². The maximum absolute atomic E-state index is 13.2. The molecule has 6 heteroatoms. The van der Waals surface area contributed by atoms with Crippen LogP contribution in [0.15, 0.2) is 12.1 Å². The Balaban J connectivity index is 1.73. The molecule has 0 spiro atoms. The topological polar surface area (TPSA) is 49.4 Å². The van der Waals surface area contributed by atoms with Gasteiger partial charge in [-0.15, -0.1) is 0 Å². The highest BCUT2D eigenvalue weighted by atomic mass is 19.2. The van der Waals surface area contributed by atoms with E-state index < -0.39 is 23.4 Å². The predicted octanol–water partition coefficient (Wildman–Crippen LogP) is 1.95. The average Bonchev–Trinajstić information content (AvgIpc) is 2.71. The number of hydrogen-bond donors (Lipinski definition) is 1. The Kier molecular flexibility index (Phi) is 3.71. The number of fused-ring (bicyclic) bond motifs is 1. The number of carbonyl (C=O) groups is 2. The smallest absolute Gasteiger partial charge is 0.261 e. The van der Waals surface area contributed by atoms with Gasteiger partial charge in [0.15, 0.2) is 11.6 Å². The molecule has 0 aromatic heterocycles. The molecule has 0 atom stereocenters. The summed E-state index contributed by atoms with van der Waals surface area (Å²) in [6.45, 7) is 2.20. The van der Waals surface area contributed by atoms with Crippen LogP contribution >= 0.6 is 0 Å². The van der Waals surface area contributed by atoms with Crippen molar-refractivity contribution in [2.75, 3.05) is 19.6 Å². The van der Waals surface area contributed by atoms with E-state index in [-0.39, 0.29) is 11.1 Å². The number of halogens is 2. The van der Waals surface area contributed by atoms with E-state index in [1.807, 2.05) is 0 Å². The molecule has 1 aromatic carbocycles. The molecule has 1 fully saturated rings. The second kappa shape index (κ2) is 5.52. The zero-order valence-electron chi connectivity index (χ0n) is 11.5. The maximum atomic E-state index is 13.2. The third-order valence-corrected chi connectivity index (χ3v) is 4.23. The van der Waals surface area contributed by atoms with Crippen LogP contribution in [0.2, 0.25) is 0 Å². The van der Waals surface area contributed by atoms with Gasteiger partial charge < -0.3 is 5.32 Å². The molecule has 0 saturated carbocycles. The molecule has 2 heterocycles. The van der Waals surface area contributed by atoms with Crippen molar-refractivity contribution >= 4 is 11.8 Å². The number of nitrogens with zero attached hydrogens (tertiary/aromatic N) is 1. The van der Waals surface area contributed by atoms with Gasteiger partial charge in [-0.2, -0.15) is 0 Å². The van der Waals surface area contributed by atoms with Crippen LogP contribution in [-0.2, 0) is 0 Å². The number of carbonyl (C=O) groups excluding carboxylic acids is 2. The Labute approximate surface area is 121 Å². The van der Waals surface area contributed by atoms with E-state index in [2.05, 4.69) is 5.32 Å².